The molecule has 3 rings (SSSR count). The van der Waals surface area contributed by atoms with Gasteiger partial charge in [0.05, 0.1) is 15.2 Å². The third kappa shape index (κ3) is 2.85. The molecule has 20 heavy (non-hydrogen) atoms. The second-order valence-corrected chi connectivity index (χ2v) is 7.42. The molecule has 1 aromatic heterocycles. The molecule has 0 aliphatic heterocycles. The Balaban J connectivity index is 2.02. The van der Waals surface area contributed by atoms with Gasteiger partial charge in [-0.1, -0.05) is 23.2 Å². The normalized spacial score (nSPS) is 16.4. The van der Waals surface area contributed by atoms with Gasteiger partial charge in [-0.15, -0.1) is 0 Å². The molecule has 0 atom stereocenters. The molecular weight excluding hydrogens is 428 g/mol. The number of rotatable bonds is 4. The van der Waals surface area contributed by atoms with Crippen LogP contribution in [0.1, 0.15) is 12.8 Å². The van der Waals surface area contributed by atoms with Crippen molar-refractivity contribution >= 4 is 69.3 Å². The van der Waals surface area contributed by atoms with Crippen molar-refractivity contribution in [2.24, 2.45) is 5.41 Å². The largest absolute Gasteiger partial charge is 0.490 e. The zero-order valence-electron chi connectivity index (χ0n) is 10.5. The van der Waals surface area contributed by atoms with Crippen LogP contribution in [-0.4, -0.2) is 17.3 Å². The van der Waals surface area contributed by atoms with Crippen LogP contribution in [0.2, 0.25) is 10.2 Å². The van der Waals surface area contributed by atoms with E-state index in [0.29, 0.717) is 16.8 Å². The molecule has 1 aliphatic rings. The van der Waals surface area contributed by atoms with Crippen molar-refractivity contribution in [3.63, 3.8) is 0 Å². The maximum atomic E-state index is 6.26. The monoisotopic (exact) mass is 439 g/mol. The van der Waals surface area contributed by atoms with Gasteiger partial charge < -0.3 is 4.74 Å². The molecule has 0 amide bonds. The number of nitrogens with zero attached hydrogens (tertiary/aromatic N) is 1. The molecule has 2 nitrogen and oxygen atoms in total. The summed E-state index contributed by atoms with van der Waals surface area (Å²) in [6.45, 7) is 0.664. The first-order chi connectivity index (χ1) is 9.54. The standard InChI is InChI=1S/C14H12Cl2INOS/c15-9-5-10(17)13(19-6-14(7-20)3-4-14)12-8(9)1-2-11(16)18-12/h1-2,5,20H,3-4,6-7H2. The Kier molecular flexibility index (Phi) is 4.28. The van der Waals surface area contributed by atoms with E-state index in [1.165, 1.54) is 12.8 Å². The van der Waals surface area contributed by atoms with E-state index in [0.717, 1.165) is 26.0 Å². The van der Waals surface area contributed by atoms with Crippen LogP contribution in [-0.2, 0) is 0 Å². The van der Waals surface area contributed by atoms with E-state index in [9.17, 15) is 0 Å². The Morgan fingerprint density at radius 3 is 2.75 bits per heavy atom. The van der Waals surface area contributed by atoms with Gasteiger partial charge in [0.2, 0.25) is 0 Å². The highest BCUT2D eigenvalue weighted by Gasteiger charge is 2.42. The summed E-state index contributed by atoms with van der Waals surface area (Å²) in [5, 5.41) is 1.97. The van der Waals surface area contributed by atoms with Crippen LogP contribution in [0.5, 0.6) is 5.75 Å². The predicted octanol–water partition coefficient (Wildman–Crippen LogP) is 5.24. The summed E-state index contributed by atoms with van der Waals surface area (Å²) in [6.07, 6.45) is 2.35. The number of benzene rings is 1. The summed E-state index contributed by atoms with van der Waals surface area (Å²) < 4.78 is 6.99. The summed E-state index contributed by atoms with van der Waals surface area (Å²) >= 11 is 18.9. The van der Waals surface area contributed by atoms with Crippen LogP contribution in [0, 0.1) is 8.99 Å². The van der Waals surface area contributed by atoms with Crippen molar-refractivity contribution < 1.29 is 4.74 Å². The van der Waals surface area contributed by atoms with Gasteiger partial charge in [-0.2, -0.15) is 12.6 Å². The molecule has 1 saturated carbocycles. The molecule has 2 aromatic rings. The van der Waals surface area contributed by atoms with E-state index in [4.69, 9.17) is 27.9 Å². The van der Waals surface area contributed by atoms with E-state index < -0.39 is 0 Å². The van der Waals surface area contributed by atoms with Crippen LogP contribution >= 0.6 is 58.4 Å². The van der Waals surface area contributed by atoms with Crippen molar-refractivity contribution in [3.8, 4) is 5.75 Å². The van der Waals surface area contributed by atoms with Gasteiger partial charge in [0.1, 0.15) is 10.7 Å². The third-order valence-electron chi connectivity index (χ3n) is 3.62. The molecular formula is C14H12Cl2INOS. The van der Waals surface area contributed by atoms with Gasteiger partial charge >= 0.3 is 0 Å². The molecule has 1 aliphatic carbocycles. The number of hydrogen-bond acceptors (Lipinski definition) is 3. The minimum Gasteiger partial charge on any atom is -0.490 e. The maximum absolute atomic E-state index is 6.26. The topological polar surface area (TPSA) is 22.1 Å². The third-order valence-corrected chi connectivity index (χ3v) is 5.61. The Labute approximate surface area is 146 Å². The van der Waals surface area contributed by atoms with Gasteiger partial charge in [0.25, 0.3) is 0 Å². The average Bonchev–Trinajstić information content (AvgIpc) is 3.18. The summed E-state index contributed by atoms with van der Waals surface area (Å²) in [4.78, 5) is 4.38. The predicted molar refractivity (Wildman–Crippen MR) is 95.5 cm³/mol. The summed E-state index contributed by atoms with van der Waals surface area (Å²) in [5.41, 5.74) is 0.959. The van der Waals surface area contributed by atoms with Gasteiger partial charge in [-0.3, -0.25) is 0 Å². The van der Waals surface area contributed by atoms with Crippen molar-refractivity contribution in [3.05, 3.63) is 31.9 Å². The van der Waals surface area contributed by atoms with Crippen LogP contribution in [0.4, 0.5) is 0 Å². The van der Waals surface area contributed by atoms with Crippen LogP contribution in [0.15, 0.2) is 18.2 Å². The molecule has 1 fully saturated rings. The quantitative estimate of drug-likeness (QED) is 0.400. The minimum atomic E-state index is 0.233. The molecule has 0 N–H and O–H groups in total. The fourth-order valence-corrected chi connectivity index (χ4v) is 3.78. The lowest BCUT2D eigenvalue weighted by Gasteiger charge is -2.16. The Morgan fingerprint density at radius 1 is 1.35 bits per heavy atom. The summed E-state index contributed by atoms with van der Waals surface area (Å²) in [6, 6.07) is 5.51. The molecule has 6 heteroatoms. The highest BCUT2D eigenvalue weighted by atomic mass is 127. The molecule has 1 heterocycles. The van der Waals surface area contributed by atoms with E-state index in [2.05, 4.69) is 40.2 Å². The number of pyridine rings is 1. The summed E-state index contributed by atoms with van der Waals surface area (Å²) in [5.74, 6) is 1.61. The molecule has 0 radical (unpaired) electrons. The van der Waals surface area contributed by atoms with Crippen LogP contribution in [0.25, 0.3) is 10.9 Å². The second-order valence-electron chi connectivity index (χ2n) is 5.15. The SMILES string of the molecule is SCC1(COc2c(I)cc(Cl)c3ccc(Cl)nc23)CC1. The van der Waals surface area contributed by atoms with Gasteiger partial charge in [-0.05, 0) is 59.4 Å². The second kappa shape index (κ2) is 5.71. The van der Waals surface area contributed by atoms with E-state index in [-0.39, 0.29) is 5.41 Å². The van der Waals surface area contributed by atoms with Crippen LogP contribution in [0.3, 0.4) is 0 Å². The first-order valence-electron chi connectivity index (χ1n) is 6.23. The molecule has 0 saturated heterocycles. The van der Waals surface area contributed by atoms with Crippen molar-refractivity contribution in [1.29, 1.82) is 0 Å². The van der Waals surface area contributed by atoms with E-state index in [1.807, 2.05) is 12.1 Å². The Hall–Kier alpha value is 0.0900. The van der Waals surface area contributed by atoms with Gasteiger partial charge in [0, 0.05) is 10.8 Å². The number of fused-ring (bicyclic) bond motifs is 1. The number of thiol groups is 1. The molecule has 0 bridgehead atoms. The van der Waals surface area contributed by atoms with Crippen LogP contribution < -0.4 is 4.74 Å². The Morgan fingerprint density at radius 2 is 2.10 bits per heavy atom. The highest BCUT2D eigenvalue weighted by molar-refractivity contribution is 14.1. The van der Waals surface area contributed by atoms with Crippen molar-refractivity contribution in [1.82, 2.24) is 4.98 Å². The van der Waals surface area contributed by atoms with Crippen molar-refractivity contribution in [2.45, 2.75) is 12.8 Å². The zero-order chi connectivity index (χ0) is 14.3. The first kappa shape index (κ1) is 15.0. The highest BCUT2D eigenvalue weighted by Crippen LogP contribution is 2.47. The van der Waals surface area contributed by atoms with E-state index >= 15 is 0 Å². The fourth-order valence-electron chi connectivity index (χ4n) is 2.06. The smallest absolute Gasteiger partial charge is 0.159 e. The lowest BCUT2D eigenvalue weighted by atomic mass is 10.1. The molecule has 106 valence electrons. The fraction of sp³-hybridized carbons (Fsp3) is 0.357. The maximum Gasteiger partial charge on any atom is 0.159 e. The van der Waals surface area contributed by atoms with E-state index in [1.54, 1.807) is 6.07 Å². The lowest BCUT2D eigenvalue weighted by molar-refractivity contribution is 0.251. The summed E-state index contributed by atoms with van der Waals surface area (Å²) in [7, 11) is 0. The van der Waals surface area contributed by atoms with Crippen molar-refractivity contribution in [2.75, 3.05) is 12.4 Å². The lowest BCUT2D eigenvalue weighted by Crippen LogP contribution is -2.15. The molecule has 0 unspecified atom stereocenters. The number of hydrogen-bond donors (Lipinski definition) is 1. The number of ether oxygens (including phenoxy) is 1. The minimum absolute atomic E-state index is 0.233. The first-order valence-corrected chi connectivity index (χ1v) is 8.69. The molecule has 0 spiro atoms. The average molecular weight is 440 g/mol. The zero-order valence-corrected chi connectivity index (χ0v) is 15.1. The number of halogens is 3. The van der Waals surface area contributed by atoms with Gasteiger partial charge in [0.15, 0.2) is 5.75 Å². The molecule has 1 aromatic carbocycles. The number of aromatic nitrogens is 1. The van der Waals surface area contributed by atoms with Gasteiger partial charge in [-0.25, -0.2) is 4.98 Å². The Bertz CT molecular complexity index is 676.